The summed E-state index contributed by atoms with van der Waals surface area (Å²) in [6.45, 7) is 0.208. The van der Waals surface area contributed by atoms with Crippen molar-refractivity contribution >= 4 is 11.8 Å². The average molecular weight is 287 g/mol. The molecule has 20 heavy (non-hydrogen) atoms. The third-order valence-electron chi connectivity index (χ3n) is 3.29. The summed E-state index contributed by atoms with van der Waals surface area (Å²) in [5.74, 6) is 0.741. The van der Waals surface area contributed by atoms with Crippen LogP contribution in [-0.4, -0.2) is 24.5 Å². The quantitative estimate of drug-likeness (QED) is 0.818. The summed E-state index contributed by atoms with van der Waals surface area (Å²) in [5, 5.41) is 12.9. The molecule has 2 aromatic rings. The van der Waals surface area contributed by atoms with E-state index in [9.17, 15) is 0 Å². The third-order valence-corrected chi connectivity index (χ3v) is 4.61. The van der Waals surface area contributed by atoms with Gasteiger partial charge in [0, 0.05) is 17.0 Å². The Balaban J connectivity index is 2.29. The zero-order chi connectivity index (χ0) is 14.2. The van der Waals surface area contributed by atoms with Crippen LogP contribution < -0.4 is 5.32 Å². The molecule has 0 spiro atoms. The van der Waals surface area contributed by atoms with Gasteiger partial charge in [-0.15, -0.1) is 11.8 Å². The first-order chi connectivity index (χ1) is 9.86. The van der Waals surface area contributed by atoms with E-state index in [4.69, 9.17) is 5.11 Å². The second-order valence-electron chi connectivity index (χ2n) is 4.60. The van der Waals surface area contributed by atoms with Gasteiger partial charge in [0.2, 0.25) is 0 Å². The van der Waals surface area contributed by atoms with Crippen molar-refractivity contribution in [2.75, 3.05) is 19.4 Å². The van der Waals surface area contributed by atoms with E-state index in [1.54, 1.807) is 11.8 Å². The van der Waals surface area contributed by atoms with Gasteiger partial charge < -0.3 is 10.4 Å². The van der Waals surface area contributed by atoms with Crippen LogP contribution in [0, 0.1) is 0 Å². The monoisotopic (exact) mass is 287 g/mol. The third kappa shape index (κ3) is 3.85. The lowest BCUT2D eigenvalue weighted by molar-refractivity contribution is 0.322. The maximum absolute atomic E-state index is 9.15. The molecule has 2 N–H and O–H groups in total. The molecule has 2 unspecified atom stereocenters. The lowest BCUT2D eigenvalue weighted by Gasteiger charge is -2.27. The molecule has 3 heteroatoms. The Kier molecular flexibility index (Phi) is 6.12. The largest absolute Gasteiger partial charge is 0.396 e. The van der Waals surface area contributed by atoms with Crippen molar-refractivity contribution in [2.45, 2.75) is 11.3 Å². The highest BCUT2D eigenvalue weighted by atomic mass is 32.2. The molecule has 0 aliphatic carbocycles. The standard InChI is InChI=1S/C17H21NOS/c1-18-16(14-8-4-2-5-9-14)17(20-13-12-19)15-10-6-3-7-11-15/h2-11,16-19H,12-13H2,1H3. The van der Waals surface area contributed by atoms with Crippen LogP contribution >= 0.6 is 11.8 Å². The van der Waals surface area contributed by atoms with Gasteiger partial charge in [0.05, 0.1) is 6.61 Å². The number of thioether (sulfide) groups is 1. The van der Waals surface area contributed by atoms with Crippen molar-refractivity contribution in [3.63, 3.8) is 0 Å². The van der Waals surface area contributed by atoms with Crippen LogP contribution in [0.2, 0.25) is 0 Å². The van der Waals surface area contributed by atoms with Crippen molar-refractivity contribution in [1.82, 2.24) is 5.32 Å². The van der Waals surface area contributed by atoms with Crippen LogP contribution in [0.25, 0.3) is 0 Å². The lowest BCUT2D eigenvalue weighted by Crippen LogP contribution is -2.22. The number of hydrogen-bond donors (Lipinski definition) is 2. The molecule has 0 aromatic heterocycles. The fourth-order valence-corrected chi connectivity index (χ4v) is 3.56. The smallest absolute Gasteiger partial charge is 0.0521 e. The molecular formula is C17H21NOS. The minimum absolute atomic E-state index is 0.208. The topological polar surface area (TPSA) is 32.3 Å². The molecule has 2 aromatic carbocycles. The minimum Gasteiger partial charge on any atom is -0.396 e. The van der Waals surface area contributed by atoms with E-state index in [0.717, 1.165) is 5.75 Å². The van der Waals surface area contributed by atoms with Gasteiger partial charge in [-0.25, -0.2) is 0 Å². The normalized spacial score (nSPS) is 13.9. The summed E-state index contributed by atoms with van der Waals surface area (Å²) in [7, 11) is 1.99. The number of rotatable bonds is 7. The highest BCUT2D eigenvalue weighted by molar-refractivity contribution is 7.99. The van der Waals surface area contributed by atoms with Crippen molar-refractivity contribution in [2.24, 2.45) is 0 Å². The molecule has 0 amide bonds. The van der Waals surface area contributed by atoms with E-state index in [2.05, 4.69) is 53.8 Å². The number of aliphatic hydroxyl groups excluding tert-OH is 1. The van der Waals surface area contributed by atoms with Gasteiger partial charge in [-0.3, -0.25) is 0 Å². The molecule has 106 valence electrons. The summed E-state index contributed by atoms with van der Waals surface area (Å²) < 4.78 is 0. The van der Waals surface area contributed by atoms with E-state index < -0.39 is 0 Å². The fraction of sp³-hybridized carbons (Fsp3) is 0.294. The van der Waals surface area contributed by atoms with Crippen LogP contribution in [0.15, 0.2) is 60.7 Å². The average Bonchev–Trinajstić information content (AvgIpc) is 2.53. The predicted octanol–water partition coefficient (Wildman–Crippen LogP) is 3.41. The molecule has 0 fully saturated rings. The zero-order valence-electron chi connectivity index (χ0n) is 11.7. The molecule has 0 heterocycles. The predicted molar refractivity (Wildman–Crippen MR) is 87.0 cm³/mol. The van der Waals surface area contributed by atoms with Gasteiger partial charge in [0.1, 0.15) is 0 Å². The van der Waals surface area contributed by atoms with Gasteiger partial charge >= 0.3 is 0 Å². The summed E-state index contributed by atoms with van der Waals surface area (Å²) in [6.07, 6.45) is 0. The van der Waals surface area contributed by atoms with Crippen LogP contribution in [0.3, 0.4) is 0 Å². The van der Waals surface area contributed by atoms with Gasteiger partial charge in [0.25, 0.3) is 0 Å². The van der Waals surface area contributed by atoms with Gasteiger partial charge in [-0.1, -0.05) is 60.7 Å². The summed E-state index contributed by atoms with van der Waals surface area (Å²) in [5.41, 5.74) is 2.56. The van der Waals surface area contributed by atoms with E-state index in [1.807, 2.05) is 19.2 Å². The molecular weight excluding hydrogens is 266 g/mol. The maximum atomic E-state index is 9.15. The van der Waals surface area contributed by atoms with E-state index in [0.29, 0.717) is 0 Å². The number of aliphatic hydroxyl groups is 1. The molecule has 2 atom stereocenters. The molecule has 0 aliphatic rings. The summed E-state index contributed by atoms with van der Waals surface area (Å²) in [6, 6.07) is 21.2. The zero-order valence-corrected chi connectivity index (χ0v) is 12.5. The Morgan fingerprint density at radius 2 is 1.50 bits per heavy atom. The summed E-state index contributed by atoms with van der Waals surface area (Å²) in [4.78, 5) is 0. The van der Waals surface area contributed by atoms with Crippen LogP contribution in [0.4, 0.5) is 0 Å². The first-order valence-corrected chi connectivity index (χ1v) is 7.91. The Labute approximate surface area is 125 Å². The second kappa shape index (κ2) is 8.10. The maximum Gasteiger partial charge on any atom is 0.0521 e. The number of likely N-dealkylation sites (N-methyl/N-ethyl adjacent to an activating group) is 1. The number of benzene rings is 2. The minimum atomic E-state index is 0.208. The van der Waals surface area contributed by atoms with E-state index >= 15 is 0 Å². The van der Waals surface area contributed by atoms with Crippen molar-refractivity contribution < 1.29 is 5.11 Å². The molecule has 0 saturated heterocycles. The summed E-state index contributed by atoms with van der Waals surface area (Å²) >= 11 is 1.79. The van der Waals surface area contributed by atoms with Crippen LogP contribution in [0.1, 0.15) is 22.4 Å². The van der Waals surface area contributed by atoms with E-state index in [1.165, 1.54) is 11.1 Å². The highest BCUT2D eigenvalue weighted by Crippen LogP contribution is 2.39. The first kappa shape index (κ1) is 15.1. The molecule has 0 saturated carbocycles. The molecule has 2 rings (SSSR count). The van der Waals surface area contributed by atoms with Crippen LogP contribution in [-0.2, 0) is 0 Å². The first-order valence-electron chi connectivity index (χ1n) is 6.86. The van der Waals surface area contributed by atoms with Crippen LogP contribution in [0.5, 0.6) is 0 Å². The SMILES string of the molecule is CNC(c1ccccc1)C(SCCO)c1ccccc1. The van der Waals surface area contributed by atoms with Gasteiger partial charge in [-0.2, -0.15) is 0 Å². The van der Waals surface area contributed by atoms with Gasteiger partial charge in [0.15, 0.2) is 0 Å². The van der Waals surface area contributed by atoms with Crippen molar-refractivity contribution in [3.05, 3.63) is 71.8 Å². The number of hydrogen-bond acceptors (Lipinski definition) is 3. The fourth-order valence-electron chi connectivity index (χ4n) is 2.36. The molecule has 0 aliphatic heterocycles. The Hall–Kier alpha value is -1.29. The molecule has 0 radical (unpaired) electrons. The van der Waals surface area contributed by atoms with E-state index in [-0.39, 0.29) is 17.9 Å². The Morgan fingerprint density at radius 3 is 2.00 bits per heavy atom. The highest BCUT2D eigenvalue weighted by Gasteiger charge is 2.23. The second-order valence-corrected chi connectivity index (χ2v) is 5.85. The number of nitrogens with one attached hydrogen (secondary N) is 1. The van der Waals surface area contributed by atoms with Crippen molar-refractivity contribution in [1.29, 1.82) is 0 Å². The Morgan fingerprint density at radius 1 is 0.950 bits per heavy atom. The van der Waals surface area contributed by atoms with Crippen molar-refractivity contribution in [3.8, 4) is 0 Å². The molecule has 2 nitrogen and oxygen atoms in total. The Bertz CT molecular complexity index is 489. The lowest BCUT2D eigenvalue weighted by atomic mass is 9.98. The molecule has 0 bridgehead atoms. The van der Waals surface area contributed by atoms with Gasteiger partial charge in [-0.05, 0) is 18.2 Å².